The quantitative estimate of drug-likeness (QED) is 0.782. The van der Waals surface area contributed by atoms with Gasteiger partial charge < -0.3 is 10.5 Å². The van der Waals surface area contributed by atoms with Crippen molar-refractivity contribution in [3.8, 4) is 0 Å². The van der Waals surface area contributed by atoms with Crippen LogP contribution in [-0.4, -0.2) is 18.8 Å². The van der Waals surface area contributed by atoms with Gasteiger partial charge in [-0.25, -0.2) is 0 Å². The summed E-state index contributed by atoms with van der Waals surface area (Å²) in [6.45, 7) is 12.1. The second-order valence-electron chi connectivity index (χ2n) is 6.77. The van der Waals surface area contributed by atoms with E-state index in [0.717, 1.165) is 19.4 Å². The summed E-state index contributed by atoms with van der Waals surface area (Å²) in [6.07, 6.45) is 3.70. The Kier molecular flexibility index (Phi) is 3.83. The van der Waals surface area contributed by atoms with E-state index in [-0.39, 0.29) is 17.6 Å². The maximum atomic E-state index is 6.18. The van der Waals surface area contributed by atoms with Crippen LogP contribution in [0.3, 0.4) is 0 Å². The standard InChI is InChI=1S/C13H27NO/c1-12(2,3)8-9-15-10-6-7-13(4,5)11(10)14/h10-11H,6-9,14H2,1-5H3. The number of hydrogen-bond donors (Lipinski definition) is 1. The Bertz CT molecular complexity index is 205. The Hall–Kier alpha value is -0.0800. The van der Waals surface area contributed by atoms with Crippen LogP contribution in [0, 0.1) is 10.8 Å². The number of nitrogens with two attached hydrogens (primary N) is 1. The van der Waals surface area contributed by atoms with Crippen LogP contribution < -0.4 is 5.73 Å². The Morgan fingerprint density at radius 1 is 1.33 bits per heavy atom. The van der Waals surface area contributed by atoms with Gasteiger partial charge in [-0.3, -0.25) is 0 Å². The summed E-state index contributed by atoms with van der Waals surface area (Å²) in [4.78, 5) is 0. The highest BCUT2D eigenvalue weighted by Crippen LogP contribution is 2.37. The minimum Gasteiger partial charge on any atom is -0.377 e. The Morgan fingerprint density at radius 3 is 2.33 bits per heavy atom. The molecule has 2 atom stereocenters. The topological polar surface area (TPSA) is 35.2 Å². The molecule has 2 N–H and O–H groups in total. The zero-order chi connectivity index (χ0) is 11.7. The molecule has 0 aromatic heterocycles. The van der Waals surface area contributed by atoms with Gasteiger partial charge in [0.2, 0.25) is 0 Å². The third kappa shape index (κ3) is 3.76. The summed E-state index contributed by atoms with van der Waals surface area (Å²) < 4.78 is 5.90. The second-order valence-corrected chi connectivity index (χ2v) is 6.77. The van der Waals surface area contributed by atoms with Crippen LogP contribution in [0.25, 0.3) is 0 Å². The van der Waals surface area contributed by atoms with Gasteiger partial charge in [0.05, 0.1) is 6.10 Å². The molecule has 0 aromatic rings. The molecule has 0 saturated heterocycles. The van der Waals surface area contributed by atoms with Crippen molar-refractivity contribution in [3.63, 3.8) is 0 Å². The van der Waals surface area contributed by atoms with Gasteiger partial charge in [-0.15, -0.1) is 0 Å². The van der Waals surface area contributed by atoms with Crippen molar-refractivity contribution in [2.24, 2.45) is 16.6 Å². The first-order valence-electron chi connectivity index (χ1n) is 6.10. The van der Waals surface area contributed by atoms with Crippen LogP contribution in [0.5, 0.6) is 0 Å². The predicted molar refractivity (Wildman–Crippen MR) is 64.8 cm³/mol. The molecule has 0 heterocycles. The highest BCUT2D eigenvalue weighted by molar-refractivity contribution is 4.95. The van der Waals surface area contributed by atoms with Crippen LogP contribution in [0.15, 0.2) is 0 Å². The predicted octanol–water partition coefficient (Wildman–Crippen LogP) is 2.96. The van der Waals surface area contributed by atoms with E-state index in [1.807, 2.05) is 0 Å². The summed E-state index contributed by atoms with van der Waals surface area (Å²) in [5.74, 6) is 0. The minimum atomic E-state index is 0.206. The van der Waals surface area contributed by atoms with Gasteiger partial charge in [-0.1, -0.05) is 34.6 Å². The summed E-state index contributed by atoms with van der Waals surface area (Å²) in [5.41, 5.74) is 6.80. The van der Waals surface area contributed by atoms with Crippen LogP contribution in [0.1, 0.15) is 53.9 Å². The molecule has 0 radical (unpaired) electrons. The van der Waals surface area contributed by atoms with Crippen LogP contribution in [-0.2, 0) is 4.74 Å². The molecule has 90 valence electrons. The summed E-state index contributed by atoms with van der Waals surface area (Å²) >= 11 is 0. The van der Waals surface area contributed by atoms with Crippen molar-refractivity contribution in [2.75, 3.05) is 6.61 Å². The summed E-state index contributed by atoms with van der Waals surface area (Å²) in [6, 6.07) is 0.206. The smallest absolute Gasteiger partial charge is 0.0731 e. The molecule has 0 aliphatic heterocycles. The molecule has 1 aliphatic carbocycles. The number of ether oxygens (including phenoxy) is 1. The van der Waals surface area contributed by atoms with Gasteiger partial charge >= 0.3 is 0 Å². The molecular formula is C13H27NO. The second kappa shape index (κ2) is 4.42. The molecule has 0 amide bonds. The molecule has 1 fully saturated rings. The largest absolute Gasteiger partial charge is 0.377 e. The van der Waals surface area contributed by atoms with Gasteiger partial charge in [-0.2, -0.15) is 0 Å². The molecule has 0 aromatic carbocycles. The molecule has 0 spiro atoms. The normalized spacial score (nSPS) is 30.8. The van der Waals surface area contributed by atoms with E-state index in [1.54, 1.807) is 0 Å². The van der Waals surface area contributed by atoms with E-state index >= 15 is 0 Å². The first-order valence-corrected chi connectivity index (χ1v) is 6.10. The summed E-state index contributed by atoms with van der Waals surface area (Å²) in [7, 11) is 0. The first kappa shape index (κ1) is 13.0. The van der Waals surface area contributed by atoms with Gasteiger partial charge in [-0.05, 0) is 30.1 Å². The Morgan fingerprint density at radius 2 is 1.93 bits per heavy atom. The third-order valence-corrected chi connectivity index (χ3v) is 3.56. The molecule has 2 heteroatoms. The van der Waals surface area contributed by atoms with Crippen molar-refractivity contribution < 1.29 is 4.74 Å². The fourth-order valence-corrected chi connectivity index (χ4v) is 2.07. The van der Waals surface area contributed by atoms with Crippen LogP contribution in [0.4, 0.5) is 0 Å². The van der Waals surface area contributed by atoms with E-state index in [0.29, 0.717) is 5.41 Å². The molecule has 2 nitrogen and oxygen atoms in total. The van der Waals surface area contributed by atoms with Crippen molar-refractivity contribution in [1.82, 2.24) is 0 Å². The lowest BCUT2D eigenvalue weighted by atomic mass is 9.87. The lowest BCUT2D eigenvalue weighted by Gasteiger charge is -2.27. The SMILES string of the molecule is CC(C)(C)CCOC1CCC(C)(C)C1N. The fraction of sp³-hybridized carbons (Fsp3) is 1.00. The maximum Gasteiger partial charge on any atom is 0.0731 e. The highest BCUT2D eigenvalue weighted by Gasteiger charge is 2.39. The average molecular weight is 213 g/mol. The number of hydrogen-bond acceptors (Lipinski definition) is 2. The lowest BCUT2D eigenvalue weighted by molar-refractivity contribution is 0.0243. The monoisotopic (exact) mass is 213 g/mol. The maximum absolute atomic E-state index is 6.18. The van der Waals surface area contributed by atoms with Crippen molar-refractivity contribution in [3.05, 3.63) is 0 Å². The minimum absolute atomic E-state index is 0.206. The number of rotatable bonds is 3. The van der Waals surface area contributed by atoms with Crippen molar-refractivity contribution in [1.29, 1.82) is 0 Å². The molecular weight excluding hydrogens is 186 g/mol. The van der Waals surface area contributed by atoms with Crippen molar-refractivity contribution >= 4 is 0 Å². The molecule has 15 heavy (non-hydrogen) atoms. The van der Waals surface area contributed by atoms with Gasteiger partial charge in [0.15, 0.2) is 0 Å². The third-order valence-electron chi connectivity index (χ3n) is 3.56. The zero-order valence-corrected chi connectivity index (χ0v) is 11.0. The highest BCUT2D eigenvalue weighted by atomic mass is 16.5. The van der Waals surface area contributed by atoms with Crippen LogP contribution in [0.2, 0.25) is 0 Å². The van der Waals surface area contributed by atoms with E-state index in [2.05, 4.69) is 34.6 Å². The zero-order valence-electron chi connectivity index (χ0n) is 11.0. The molecule has 1 rings (SSSR count). The van der Waals surface area contributed by atoms with Crippen LogP contribution >= 0.6 is 0 Å². The lowest BCUT2D eigenvalue weighted by Crippen LogP contribution is -2.41. The molecule has 1 aliphatic rings. The molecule has 2 unspecified atom stereocenters. The van der Waals surface area contributed by atoms with E-state index in [1.165, 1.54) is 6.42 Å². The molecule has 1 saturated carbocycles. The fourth-order valence-electron chi connectivity index (χ4n) is 2.07. The summed E-state index contributed by atoms with van der Waals surface area (Å²) in [5, 5.41) is 0. The first-order chi connectivity index (χ1) is 6.72. The van der Waals surface area contributed by atoms with Gasteiger partial charge in [0.25, 0.3) is 0 Å². The van der Waals surface area contributed by atoms with Gasteiger partial charge in [0.1, 0.15) is 0 Å². The Labute approximate surface area is 94.6 Å². The molecule has 0 bridgehead atoms. The van der Waals surface area contributed by atoms with E-state index < -0.39 is 0 Å². The average Bonchev–Trinajstić information content (AvgIpc) is 2.29. The van der Waals surface area contributed by atoms with E-state index in [4.69, 9.17) is 10.5 Å². The van der Waals surface area contributed by atoms with Gasteiger partial charge in [0, 0.05) is 12.6 Å². The van der Waals surface area contributed by atoms with E-state index in [9.17, 15) is 0 Å². The Balaban J connectivity index is 2.30. The van der Waals surface area contributed by atoms with Crippen molar-refractivity contribution in [2.45, 2.75) is 66.0 Å².